The second-order valence-electron chi connectivity index (χ2n) is 4.18. The van der Waals surface area contributed by atoms with Gasteiger partial charge in [0.25, 0.3) is 0 Å². The molecule has 0 aliphatic heterocycles. The summed E-state index contributed by atoms with van der Waals surface area (Å²) in [7, 11) is -1.19. The standard InChI is InChI=1S/C9H23NP.BrH/c1-7(2)11(10,8(3)4)9(5)6;/h7-9H,10H2,1-6H3;1H/q+1;/p-1. The van der Waals surface area contributed by atoms with E-state index in [2.05, 4.69) is 41.5 Å². The fourth-order valence-corrected chi connectivity index (χ4v) is 5.37. The summed E-state index contributed by atoms with van der Waals surface area (Å²) < 4.78 is 0. The van der Waals surface area contributed by atoms with Crippen LogP contribution < -0.4 is 22.5 Å². The maximum Gasteiger partial charge on any atom is 0.0844 e. The predicted octanol–water partition coefficient (Wildman–Crippen LogP) is 0.107. The van der Waals surface area contributed by atoms with E-state index in [4.69, 9.17) is 5.50 Å². The number of rotatable bonds is 3. The number of hydrogen-bond donors (Lipinski definition) is 1. The zero-order chi connectivity index (χ0) is 9.23. The van der Waals surface area contributed by atoms with Gasteiger partial charge in [0.1, 0.15) is 0 Å². The molecule has 0 atom stereocenters. The minimum atomic E-state index is -1.19. The lowest BCUT2D eigenvalue weighted by atomic mass is 10.5. The largest absolute Gasteiger partial charge is 1.00 e. The fourth-order valence-electron chi connectivity index (χ4n) is 1.79. The lowest BCUT2D eigenvalue weighted by molar-refractivity contribution is -0.00000291. The molecule has 12 heavy (non-hydrogen) atoms. The molecule has 0 spiro atoms. The third-order valence-corrected chi connectivity index (χ3v) is 8.05. The molecule has 0 heterocycles. The van der Waals surface area contributed by atoms with Gasteiger partial charge in [-0.3, -0.25) is 0 Å². The van der Waals surface area contributed by atoms with E-state index < -0.39 is 7.41 Å². The van der Waals surface area contributed by atoms with Crippen LogP contribution in [0.2, 0.25) is 0 Å². The summed E-state index contributed by atoms with van der Waals surface area (Å²) in [5, 5.41) is 0. The molecule has 0 aliphatic carbocycles. The molecule has 0 fully saturated rings. The molecule has 0 unspecified atom stereocenters. The maximum absolute atomic E-state index is 6.44. The topological polar surface area (TPSA) is 26.0 Å². The minimum absolute atomic E-state index is 0. The first-order valence-corrected chi connectivity index (χ1v) is 6.56. The average molecular weight is 256 g/mol. The fraction of sp³-hybridized carbons (Fsp3) is 1.00. The zero-order valence-corrected chi connectivity index (χ0v) is 11.6. The summed E-state index contributed by atoms with van der Waals surface area (Å²) in [5.41, 5.74) is 8.44. The third-order valence-electron chi connectivity index (χ3n) is 2.68. The Labute approximate surface area is 88.7 Å². The van der Waals surface area contributed by atoms with Gasteiger partial charge in [-0.05, 0) is 41.5 Å². The minimum Gasteiger partial charge on any atom is -1.00 e. The molecule has 76 valence electrons. The Morgan fingerprint density at radius 2 is 0.917 bits per heavy atom. The zero-order valence-electron chi connectivity index (χ0n) is 9.13. The smallest absolute Gasteiger partial charge is 0.0844 e. The Kier molecular flexibility index (Phi) is 7.12. The van der Waals surface area contributed by atoms with Crippen LogP contribution in [0.3, 0.4) is 0 Å². The average Bonchev–Trinajstić information content (AvgIpc) is 1.84. The van der Waals surface area contributed by atoms with Crippen molar-refractivity contribution in [2.45, 2.75) is 58.5 Å². The van der Waals surface area contributed by atoms with Crippen molar-refractivity contribution in [1.82, 2.24) is 0 Å². The summed E-state index contributed by atoms with van der Waals surface area (Å²) in [4.78, 5) is 0. The van der Waals surface area contributed by atoms with Crippen molar-refractivity contribution in [3.05, 3.63) is 0 Å². The van der Waals surface area contributed by atoms with Gasteiger partial charge in [-0.25, -0.2) is 5.50 Å². The van der Waals surface area contributed by atoms with Crippen LogP contribution in [-0.2, 0) is 0 Å². The Morgan fingerprint density at radius 1 is 0.750 bits per heavy atom. The van der Waals surface area contributed by atoms with E-state index >= 15 is 0 Å². The monoisotopic (exact) mass is 255 g/mol. The quantitative estimate of drug-likeness (QED) is 0.712. The van der Waals surface area contributed by atoms with Crippen LogP contribution in [0.1, 0.15) is 41.5 Å². The van der Waals surface area contributed by atoms with E-state index in [0.717, 1.165) is 0 Å². The van der Waals surface area contributed by atoms with Crippen molar-refractivity contribution < 1.29 is 17.0 Å². The lowest BCUT2D eigenvalue weighted by Gasteiger charge is -2.33. The van der Waals surface area contributed by atoms with Crippen molar-refractivity contribution in [2.24, 2.45) is 5.50 Å². The molecule has 0 saturated carbocycles. The first-order valence-electron chi connectivity index (χ1n) is 4.50. The van der Waals surface area contributed by atoms with E-state index in [1.54, 1.807) is 0 Å². The molecule has 0 aromatic carbocycles. The van der Waals surface area contributed by atoms with E-state index in [9.17, 15) is 0 Å². The van der Waals surface area contributed by atoms with Crippen LogP contribution in [0.25, 0.3) is 0 Å². The predicted molar refractivity (Wildman–Crippen MR) is 56.5 cm³/mol. The highest BCUT2D eigenvalue weighted by molar-refractivity contribution is 7.75. The van der Waals surface area contributed by atoms with Crippen LogP contribution >= 0.6 is 7.41 Å². The van der Waals surface area contributed by atoms with Gasteiger partial charge in [0.2, 0.25) is 0 Å². The van der Waals surface area contributed by atoms with Gasteiger partial charge in [-0.2, -0.15) is 0 Å². The van der Waals surface area contributed by atoms with Crippen LogP contribution in [-0.4, -0.2) is 17.0 Å². The van der Waals surface area contributed by atoms with Crippen molar-refractivity contribution in [2.75, 3.05) is 0 Å². The van der Waals surface area contributed by atoms with Gasteiger partial charge < -0.3 is 17.0 Å². The number of hydrogen-bond acceptors (Lipinski definition) is 1. The Bertz CT molecular complexity index is 102. The molecular formula is C9H23BrNP. The number of halogens is 1. The van der Waals surface area contributed by atoms with Crippen LogP contribution in [0.15, 0.2) is 0 Å². The summed E-state index contributed by atoms with van der Waals surface area (Å²) in [6, 6.07) is 0. The molecule has 0 radical (unpaired) electrons. The van der Waals surface area contributed by atoms with Gasteiger partial charge in [0.15, 0.2) is 0 Å². The van der Waals surface area contributed by atoms with Gasteiger partial charge in [-0.15, -0.1) is 0 Å². The summed E-state index contributed by atoms with van der Waals surface area (Å²) in [5.74, 6) is 0. The van der Waals surface area contributed by atoms with Gasteiger partial charge in [-0.1, -0.05) is 0 Å². The Morgan fingerprint density at radius 3 is 0.917 bits per heavy atom. The SMILES string of the molecule is CC(C)[P+](N)(C(C)C)C(C)C.[Br-]. The maximum atomic E-state index is 6.44. The van der Waals surface area contributed by atoms with Crippen molar-refractivity contribution in [3.8, 4) is 0 Å². The lowest BCUT2D eigenvalue weighted by Crippen LogP contribution is -3.00. The van der Waals surface area contributed by atoms with Gasteiger partial charge in [0, 0.05) is 0 Å². The Hall–Kier alpha value is 0.870. The molecule has 0 rings (SSSR count). The summed E-state index contributed by atoms with van der Waals surface area (Å²) >= 11 is 0. The van der Waals surface area contributed by atoms with Crippen molar-refractivity contribution in [3.63, 3.8) is 0 Å². The molecule has 0 saturated heterocycles. The van der Waals surface area contributed by atoms with Crippen LogP contribution in [0, 0.1) is 0 Å². The molecule has 0 aromatic heterocycles. The second kappa shape index (κ2) is 5.57. The van der Waals surface area contributed by atoms with Gasteiger partial charge >= 0.3 is 0 Å². The molecular weight excluding hydrogens is 233 g/mol. The first kappa shape index (κ1) is 15.3. The highest BCUT2D eigenvalue weighted by Gasteiger charge is 2.43. The molecule has 0 amide bonds. The normalized spacial score (nSPS) is 12.5. The molecule has 1 nitrogen and oxygen atoms in total. The Balaban J connectivity index is 0. The molecule has 3 heteroatoms. The highest BCUT2D eigenvalue weighted by Crippen LogP contribution is 2.63. The third kappa shape index (κ3) is 2.97. The molecule has 0 aliphatic rings. The summed E-state index contributed by atoms with van der Waals surface area (Å²) in [6.07, 6.45) is 0. The van der Waals surface area contributed by atoms with Crippen molar-refractivity contribution in [1.29, 1.82) is 0 Å². The molecule has 0 bridgehead atoms. The first-order chi connectivity index (χ1) is 4.83. The van der Waals surface area contributed by atoms with E-state index in [1.165, 1.54) is 0 Å². The van der Waals surface area contributed by atoms with E-state index in [1.807, 2.05) is 0 Å². The molecule has 2 N–H and O–H groups in total. The van der Waals surface area contributed by atoms with Crippen LogP contribution in [0.4, 0.5) is 0 Å². The van der Waals surface area contributed by atoms with E-state index in [-0.39, 0.29) is 17.0 Å². The van der Waals surface area contributed by atoms with Crippen molar-refractivity contribution >= 4 is 7.41 Å². The highest BCUT2D eigenvalue weighted by atomic mass is 79.9. The van der Waals surface area contributed by atoms with Crippen LogP contribution in [0.5, 0.6) is 0 Å². The van der Waals surface area contributed by atoms with E-state index in [0.29, 0.717) is 17.0 Å². The molecule has 0 aromatic rings. The summed E-state index contributed by atoms with van der Waals surface area (Å²) in [6.45, 7) is 13.5. The number of nitrogens with two attached hydrogens (primary N) is 1. The second-order valence-corrected chi connectivity index (χ2v) is 9.06. The van der Waals surface area contributed by atoms with Gasteiger partial charge in [0.05, 0.1) is 24.4 Å².